The van der Waals surface area contributed by atoms with Gasteiger partial charge in [-0.3, -0.25) is 14.5 Å². The molecule has 3 aromatic carbocycles. The molecule has 1 atom stereocenters. The molecule has 4 rings (SSSR count). The van der Waals surface area contributed by atoms with E-state index < -0.39 is 17.7 Å². The zero-order valence-electron chi connectivity index (χ0n) is 16.1. The summed E-state index contributed by atoms with van der Waals surface area (Å²) in [7, 11) is 1.52. The number of amides is 1. The molecule has 0 spiro atoms. The van der Waals surface area contributed by atoms with E-state index in [0.717, 1.165) is 0 Å². The number of para-hydroxylation sites is 1. The van der Waals surface area contributed by atoms with Crippen LogP contribution in [0.5, 0.6) is 5.75 Å². The van der Waals surface area contributed by atoms with E-state index in [1.165, 1.54) is 12.0 Å². The average Bonchev–Trinajstić information content (AvgIpc) is 3.04. The van der Waals surface area contributed by atoms with Gasteiger partial charge in [0.25, 0.3) is 11.7 Å². The molecule has 0 aliphatic carbocycles. The summed E-state index contributed by atoms with van der Waals surface area (Å²) in [5.74, 6) is -1.26. The van der Waals surface area contributed by atoms with Gasteiger partial charge in [-0.15, -0.1) is 0 Å². The number of nitrogens with zero attached hydrogens (tertiary/aromatic N) is 1. The number of benzene rings is 3. The number of rotatable bonds is 4. The smallest absolute Gasteiger partial charge is 0.300 e. The van der Waals surface area contributed by atoms with Crippen molar-refractivity contribution in [2.75, 3.05) is 12.0 Å². The van der Waals surface area contributed by atoms with Crippen LogP contribution in [0, 0.1) is 0 Å². The summed E-state index contributed by atoms with van der Waals surface area (Å²) in [4.78, 5) is 27.5. The van der Waals surface area contributed by atoms with Crippen molar-refractivity contribution in [3.8, 4) is 5.75 Å². The monoisotopic (exact) mass is 419 g/mol. The summed E-state index contributed by atoms with van der Waals surface area (Å²) in [6.45, 7) is 0. The fourth-order valence-electron chi connectivity index (χ4n) is 3.66. The Bertz CT molecular complexity index is 1160. The second-order valence-electron chi connectivity index (χ2n) is 6.76. The van der Waals surface area contributed by atoms with Gasteiger partial charge in [-0.1, -0.05) is 66.2 Å². The van der Waals surface area contributed by atoms with Gasteiger partial charge in [-0.25, -0.2) is 0 Å². The van der Waals surface area contributed by atoms with Gasteiger partial charge in [-0.05, 0) is 24.3 Å². The van der Waals surface area contributed by atoms with Crippen molar-refractivity contribution in [1.29, 1.82) is 0 Å². The van der Waals surface area contributed by atoms with E-state index in [9.17, 15) is 14.7 Å². The van der Waals surface area contributed by atoms with Gasteiger partial charge >= 0.3 is 0 Å². The van der Waals surface area contributed by atoms with Crippen LogP contribution >= 0.6 is 11.6 Å². The Kier molecular flexibility index (Phi) is 5.29. The lowest BCUT2D eigenvalue weighted by molar-refractivity contribution is -0.132. The van der Waals surface area contributed by atoms with Crippen LogP contribution in [0.2, 0.25) is 5.02 Å². The predicted molar refractivity (Wildman–Crippen MR) is 116 cm³/mol. The zero-order chi connectivity index (χ0) is 21.3. The SMILES string of the molecule is COc1ccccc1[C@H]1/C(=C(\O)c2ccccc2)C(=O)C(=O)N1c1cccc(Cl)c1. The number of Topliss-reactive ketones (excluding diaryl/α,β-unsaturated/α-hetero) is 1. The standard InChI is InChI=1S/C24H18ClNO4/c1-30-19-13-6-5-12-18(19)21-20(22(27)15-8-3-2-4-9-15)23(28)24(29)26(21)17-11-7-10-16(25)14-17/h2-14,21,27H,1H3/b22-20+/t21-/m0/s1. The van der Waals surface area contributed by atoms with Crippen LogP contribution in [0.15, 0.2) is 84.4 Å². The molecule has 0 radical (unpaired) electrons. The fourth-order valence-corrected chi connectivity index (χ4v) is 3.85. The molecule has 3 aromatic rings. The largest absolute Gasteiger partial charge is 0.507 e. The Labute approximate surface area is 178 Å². The summed E-state index contributed by atoms with van der Waals surface area (Å²) in [6, 6.07) is 21.6. The van der Waals surface area contributed by atoms with Crippen LogP contribution in [-0.4, -0.2) is 23.9 Å². The molecule has 0 saturated carbocycles. The van der Waals surface area contributed by atoms with Crippen LogP contribution in [0.3, 0.4) is 0 Å². The Balaban J connectivity index is 2.00. The minimum Gasteiger partial charge on any atom is -0.507 e. The third kappa shape index (κ3) is 3.33. The first-order valence-corrected chi connectivity index (χ1v) is 9.65. The molecule has 5 nitrogen and oxygen atoms in total. The molecule has 30 heavy (non-hydrogen) atoms. The molecule has 0 bridgehead atoms. The Morgan fingerprint density at radius 3 is 2.37 bits per heavy atom. The highest BCUT2D eigenvalue weighted by Crippen LogP contribution is 2.45. The van der Waals surface area contributed by atoms with E-state index in [-0.39, 0.29) is 11.3 Å². The summed E-state index contributed by atoms with van der Waals surface area (Å²) in [5, 5.41) is 11.5. The Morgan fingerprint density at radius 1 is 0.967 bits per heavy atom. The first kappa shape index (κ1) is 19.7. The topological polar surface area (TPSA) is 66.8 Å². The third-order valence-corrected chi connectivity index (χ3v) is 5.25. The lowest BCUT2D eigenvalue weighted by atomic mass is 9.94. The molecule has 150 valence electrons. The van der Waals surface area contributed by atoms with Crippen LogP contribution in [0.25, 0.3) is 5.76 Å². The number of hydrogen-bond donors (Lipinski definition) is 1. The average molecular weight is 420 g/mol. The van der Waals surface area contributed by atoms with E-state index >= 15 is 0 Å². The quantitative estimate of drug-likeness (QED) is 0.368. The first-order valence-electron chi connectivity index (χ1n) is 9.28. The first-order chi connectivity index (χ1) is 14.5. The number of aliphatic hydroxyl groups excluding tert-OH is 1. The van der Waals surface area contributed by atoms with Gasteiger partial charge in [0.1, 0.15) is 11.5 Å². The maximum Gasteiger partial charge on any atom is 0.300 e. The van der Waals surface area contributed by atoms with E-state index in [2.05, 4.69) is 0 Å². The van der Waals surface area contributed by atoms with E-state index in [1.54, 1.807) is 78.9 Å². The predicted octanol–water partition coefficient (Wildman–Crippen LogP) is 4.97. The van der Waals surface area contributed by atoms with Gasteiger partial charge in [-0.2, -0.15) is 0 Å². The van der Waals surface area contributed by atoms with Crippen molar-refractivity contribution in [2.24, 2.45) is 0 Å². The van der Waals surface area contributed by atoms with Gasteiger partial charge in [0.2, 0.25) is 0 Å². The van der Waals surface area contributed by atoms with Crippen molar-refractivity contribution >= 4 is 34.7 Å². The van der Waals surface area contributed by atoms with Gasteiger partial charge in [0.05, 0.1) is 18.7 Å². The van der Waals surface area contributed by atoms with E-state index in [4.69, 9.17) is 16.3 Å². The summed E-state index contributed by atoms with van der Waals surface area (Å²) in [5.41, 5.74) is 1.47. The molecule has 0 unspecified atom stereocenters. The summed E-state index contributed by atoms with van der Waals surface area (Å²) in [6.07, 6.45) is 0. The summed E-state index contributed by atoms with van der Waals surface area (Å²) >= 11 is 6.15. The lowest BCUT2D eigenvalue weighted by Crippen LogP contribution is -2.29. The number of aliphatic hydroxyl groups is 1. The molecule has 1 amide bonds. The number of ether oxygens (including phenoxy) is 1. The zero-order valence-corrected chi connectivity index (χ0v) is 16.8. The molecule has 1 saturated heterocycles. The van der Waals surface area contributed by atoms with Crippen LogP contribution in [0.1, 0.15) is 17.2 Å². The second kappa shape index (κ2) is 8.05. The van der Waals surface area contributed by atoms with E-state index in [1.807, 2.05) is 0 Å². The van der Waals surface area contributed by atoms with Crippen LogP contribution in [-0.2, 0) is 9.59 Å². The lowest BCUT2D eigenvalue weighted by Gasteiger charge is -2.26. The van der Waals surface area contributed by atoms with Crippen LogP contribution < -0.4 is 9.64 Å². The highest BCUT2D eigenvalue weighted by Gasteiger charge is 2.47. The molecular formula is C24H18ClNO4. The number of halogens is 1. The van der Waals surface area contributed by atoms with Crippen molar-refractivity contribution in [3.05, 3.63) is 101 Å². The molecule has 1 N–H and O–H groups in total. The molecule has 0 aromatic heterocycles. The normalized spacial score (nSPS) is 17.9. The number of carbonyl (C=O) groups excluding carboxylic acids is 2. The molecule has 1 aliphatic rings. The van der Waals surface area contributed by atoms with Crippen molar-refractivity contribution in [1.82, 2.24) is 0 Å². The minimum absolute atomic E-state index is 0.00400. The molecular weight excluding hydrogens is 402 g/mol. The molecule has 6 heteroatoms. The maximum absolute atomic E-state index is 13.1. The maximum atomic E-state index is 13.1. The molecule has 1 aliphatic heterocycles. The minimum atomic E-state index is -0.875. The van der Waals surface area contributed by atoms with Crippen molar-refractivity contribution < 1.29 is 19.4 Å². The summed E-state index contributed by atoms with van der Waals surface area (Å²) < 4.78 is 5.49. The highest BCUT2D eigenvalue weighted by molar-refractivity contribution is 6.51. The van der Waals surface area contributed by atoms with Crippen molar-refractivity contribution in [2.45, 2.75) is 6.04 Å². The highest BCUT2D eigenvalue weighted by atomic mass is 35.5. The van der Waals surface area contributed by atoms with Crippen molar-refractivity contribution in [3.63, 3.8) is 0 Å². The number of carbonyl (C=O) groups is 2. The van der Waals surface area contributed by atoms with E-state index in [0.29, 0.717) is 27.6 Å². The third-order valence-electron chi connectivity index (χ3n) is 5.01. The second-order valence-corrected chi connectivity index (χ2v) is 7.19. The van der Waals surface area contributed by atoms with Gasteiger partial charge < -0.3 is 9.84 Å². The number of anilines is 1. The van der Waals surface area contributed by atoms with Gasteiger partial charge in [0, 0.05) is 21.8 Å². The number of ketones is 1. The number of hydrogen-bond acceptors (Lipinski definition) is 4. The Morgan fingerprint density at radius 2 is 1.67 bits per heavy atom. The molecule has 1 fully saturated rings. The number of methoxy groups -OCH3 is 1. The van der Waals surface area contributed by atoms with Crippen LogP contribution in [0.4, 0.5) is 5.69 Å². The molecule has 1 heterocycles. The Hall–Kier alpha value is -3.57. The van der Waals surface area contributed by atoms with Gasteiger partial charge in [0.15, 0.2) is 0 Å². The fraction of sp³-hybridized carbons (Fsp3) is 0.0833.